The summed E-state index contributed by atoms with van der Waals surface area (Å²) in [6.45, 7) is 10.8. The van der Waals surface area contributed by atoms with Gasteiger partial charge in [-0.3, -0.25) is 0 Å². The molecule has 74 valence electrons. The summed E-state index contributed by atoms with van der Waals surface area (Å²) in [5, 5.41) is 9.51. The lowest BCUT2D eigenvalue weighted by molar-refractivity contribution is -0.00952. The van der Waals surface area contributed by atoms with Crippen molar-refractivity contribution >= 4 is 0 Å². The second-order valence-electron chi connectivity index (χ2n) is 4.80. The smallest absolute Gasteiger partial charge is 0.0778 e. The molecule has 0 radical (unpaired) electrons. The summed E-state index contributed by atoms with van der Waals surface area (Å²) in [7, 11) is 0. The van der Waals surface area contributed by atoms with Gasteiger partial charge in [-0.2, -0.15) is 0 Å². The second kappa shape index (κ2) is 4.83. The minimum Gasteiger partial charge on any atom is -0.391 e. The van der Waals surface area contributed by atoms with Crippen molar-refractivity contribution in [2.24, 2.45) is 5.41 Å². The molecule has 12 heavy (non-hydrogen) atoms. The highest BCUT2D eigenvalue weighted by Gasteiger charge is 2.16. The van der Waals surface area contributed by atoms with E-state index in [4.69, 9.17) is 4.74 Å². The summed E-state index contributed by atoms with van der Waals surface area (Å²) in [4.78, 5) is 0. The molecule has 0 amide bonds. The third kappa shape index (κ3) is 8.02. The Bertz CT molecular complexity index is 113. The van der Waals surface area contributed by atoms with Gasteiger partial charge >= 0.3 is 0 Å². The van der Waals surface area contributed by atoms with Crippen molar-refractivity contribution in [3.63, 3.8) is 0 Å². The first-order valence-electron chi connectivity index (χ1n) is 4.61. The molecular weight excluding hydrogens is 152 g/mol. The number of aliphatic hydroxyl groups excluding tert-OH is 1. The quantitative estimate of drug-likeness (QED) is 0.708. The molecule has 0 heterocycles. The molecule has 0 saturated heterocycles. The zero-order valence-corrected chi connectivity index (χ0v) is 8.92. The van der Waals surface area contributed by atoms with Crippen molar-refractivity contribution in [3.8, 4) is 0 Å². The molecule has 2 nitrogen and oxygen atoms in total. The average Bonchev–Trinajstić information content (AvgIpc) is 1.79. The lowest BCUT2D eigenvalue weighted by Gasteiger charge is -2.22. The van der Waals surface area contributed by atoms with Gasteiger partial charge < -0.3 is 9.84 Å². The minimum atomic E-state index is -0.326. The first kappa shape index (κ1) is 11.9. The highest BCUT2D eigenvalue weighted by Crippen LogP contribution is 2.20. The molecule has 0 aromatic carbocycles. The molecule has 0 rings (SSSR count). The normalized spacial score (nSPS) is 15.2. The maximum atomic E-state index is 9.51. The number of aliphatic hydroxyl groups is 1. The van der Waals surface area contributed by atoms with Crippen LogP contribution >= 0.6 is 0 Å². The summed E-state index contributed by atoms with van der Waals surface area (Å²) in [6, 6.07) is 0. The number of hydrogen-bond donors (Lipinski definition) is 1. The molecule has 1 N–H and O–H groups in total. The van der Waals surface area contributed by atoms with Gasteiger partial charge in [-0.15, -0.1) is 0 Å². The van der Waals surface area contributed by atoms with Gasteiger partial charge in [0.1, 0.15) is 0 Å². The maximum Gasteiger partial charge on any atom is 0.0778 e. The van der Waals surface area contributed by atoms with Crippen molar-refractivity contribution in [2.45, 2.75) is 53.2 Å². The molecule has 0 aromatic heterocycles. The summed E-state index contributed by atoms with van der Waals surface area (Å²) in [5.41, 5.74) is 0.180. The molecule has 0 spiro atoms. The zero-order chi connectivity index (χ0) is 9.78. The van der Waals surface area contributed by atoms with Crippen LogP contribution in [-0.4, -0.2) is 23.9 Å². The van der Waals surface area contributed by atoms with E-state index < -0.39 is 0 Å². The third-order valence-corrected chi connectivity index (χ3v) is 1.47. The molecule has 0 aromatic rings. The van der Waals surface area contributed by atoms with Gasteiger partial charge in [0, 0.05) is 0 Å². The largest absolute Gasteiger partial charge is 0.391 e. The number of ether oxygens (including phenoxy) is 1. The Hall–Kier alpha value is -0.0800. The Morgan fingerprint density at radius 1 is 1.25 bits per heavy atom. The maximum absolute atomic E-state index is 9.51. The summed E-state index contributed by atoms with van der Waals surface area (Å²) in [5.74, 6) is 0. The zero-order valence-electron chi connectivity index (χ0n) is 8.92. The molecule has 1 atom stereocenters. The number of rotatable bonds is 4. The molecule has 0 fully saturated rings. The van der Waals surface area contributed by atoms with E-state index in [9.17, 15) is 5.11 Å². The van der Waals surface area contributed by atoms with Gasteiger partial charge in [-0.05, 0) is 25.7 Å². The van der Waals surface area contributed by atoms with Crippen LogP contribution in [-0.2, 0) is 4.74 Å². The van der Waals surface area contributed by atoms with Gasteiger partial charge in [0.25, 0.3) is 0 Å². The number of hydrogen-bond acceptors (Lipinski definition) is 2. The Labute approximate surface area is 75.9 Å². The molecule has 1 unspecified atom stereocenters. The van der Waals surface area contributed by atoms with E-state index in [0.29, 0.717) is 6.61 Å². The van der Waals surface area contributed by atoms with Crippen LogP contribution in [0.5, 0.6) is 0 Å². The fourth-order valence-electron chi connectivity index (χ4n) is 1.07. The lowest BCUT2D eigenvalue weighted by atomic mass is 9.89. The van der Waals surface area contributed by atoms with Crippen LogP contribution in [0, 0.1) is 5.41 Å². The van der Waals surface area contributed by atoms with Gasteiger partial charge in [0.2, 0.25) is 0 Å². The van der Waals surface area contributed by atoms with Crippen molar-refractivity contribution in [3.05, 3.63) is 0 Å². The Morgan fingerprint density at radius 2 is 1.75 bits per heavy atom. The summed E-state index contributed by atoms with van der Waals surface area (Å²) in [6.07, 6.45) is 0.673. The van der Waals surface area contributed by atoms with Crippen LogP contribution in [0.15, 0.2) is 0 Å². The minimum absolute atomic E-state index is 0.180. The summed E-state index contributed by atoms with van der Waals surface area (Å²) >= 11 is 0. The third-order valence-electron chi connectivity index (χ3n) is 1.47. The Balaban J connectivity index is 3.53. The average molecular weight is 174 g/mol. The molecule has 0 aliphatic heterocycles. The fraction of sp³-hybridized carbons (Fsp3) is 1.00. The predicted molar refractivity (Wildman–Crippen MR) is 51.2 cm³/mol. The van der Waals surface area contributed by atoms with Crippen molar-refractivity contribution in [2.75, 3.05) is 6.61 Å². The van der Waals surface area contributed by atoms with Crippen molar-refractivity contribution in [1.29, 1.82) is 0 Å². The van der Waals surface area contributed by atoms with Gasteiger partial charge in [-0.1, -0.05) is 20.8 Å². The van der Waals surface area contributed by atoms with Gasteiger partial charge in [0.05, 0.1) is 18.8 Å². The lowest BCUT2D eigenvalue weighted by Crippen LogP contribution is -2.24. The molecule has 0 aliphatic rings. The molecule has 2 heteroatoms. The Morgan fingerprint density at radius 3 is 2.08 bits per heavy atom. The van der Waals surface area contributed by atoms with Crippen LogP contribution in [0.1, 0.15) is 41.0 Å². The van der Waals surface area contributed by atoms with Crippen molar-refractivity contribution in [1.82, 2.24) is 0 Å². The van der Waals surface area contributed by atoms with Crippen LogP contribution in [0.3, 0.4) is 0 Å². The summed E-state index contributed by atoms with van der Waals surface area (Å²) < 4.78 is 5.30. The first-order valence-corrected chi connectivity index (χ1v) is 4.61. The van der Waals surface area contributed by atoms with E-state index in [0.717, 1.165) is 6.42 Å². The standard InChI is InChI=1S/C10H22O2/c1-8(2)12-7-9(11)6-10(3,4)5/h8-9,11H,6-7H2,1-5H3. The van der Waals surface area contributed by atoms with Crippen LogP contribution in [0.25, 0.3) is 0 Å². The van der Waals surface area contributed by atoms with E-state index in [2.05, 4.69) is 20.8 Å². The second-order valence-corrected chi connectivity index (χ2v) is 4.80. The SMILES string of the molecule is CC(C)OCC(O)CC(C)(C)C. The predicted octanol–water partition coefficient (Wildman–Crippen LogP) is 2.21. The van der Waals surface area contributed by atoms with Crippen LogP contribution < -0.4 is 0 Å². The molecular formula is C10H22O2. The molecule has 0 aliphatic carbocycles. The highest BCUT2D eigenvalue weighted by atomic mass is 16.5. The van der Waals surface area contributed by atoms with E-state index in [1.54, 1.807) is 0 Å². The monoisotopic (exact) mass is 174 g/mol. The molecule has 0 bridgehead atoms. The van der Waals surface area contributed by atoms with Crippen LogP contribution in [0.2, 0.25) is 0 Å². The van der Waals surface area contributed by atoms with Gasteiger partial charge in [-0.25, -0.2) is 0 Å². The van der Waals surface area contributed by atoms with E-state index in [-0.39, 0.29) is 17.6 Å². The molecule has 0 saturated carbocycles. The van der Waals surface area contributed by atoms with E-state index in [1.165, 1.54) is 0 Å². The van der Waals surface area contributed by atoms with E-state index in [1.807, 2.05) is 13.8 Å². The van der Waals surface area contributed by atoms with E-state index >= 15 is 0 Å². The van der Waals surface area contributed by atoms with Gasteiger partial charge in [0.15, 0.2) is 0 Å². The fourth-order valence-corrected chi connectivity index (χ4v) is 1.07. The Kier molecular flexibility index (Phi) is 4.80. The first-order chi connectivity index (χ1) is 5.31. The highest BCUT2D eigenvalue weighted by molar-refractivity contribution is 4.67. The topological polar surface area (TPSA) is 29.5 Å². The van der Waals surface area contributed by atoms with Crippen LogP contribution in [0.4, 0.5) is 0 Å². The van der Waals surface area contributed by atoms with Crippen molar-refractivity contribution < 1.29 is 9.84 Å².